The van der Waals surface area contributed by atoms with Gasteiger partial charge in [0.2, 0.25) is 6.41 Å². The van der Waals surface area contributed by atoms with Crippen LogP contribution in [0.15, 0.2) is 24.4 Å². The van der Waals surface area contributed by atoms with E-state index in [1.807, 2.05) is 13.0 Å². The van der Waals surface area contributed by atoms with E-state index < -0.39 is 0 Å². The van der Waals surface area contributed by atoms with E-state index in [0.29, 0.717) is 0 Å². The molecule has 0 radical (unpaired) electrons. The van der Waals surface area contributed by atoms with Gasteiger partial charge in [0, 0.05) is 12.7 Å². The summed E-state index contributed by atoms with van der Waals surface area (Å²) in [7, 11) is 1.68. The van der Waals surface area contributed by atoms with Crippen molar-refractivity contribution in [3.63, 3.8) is 0 Å². The number of nitrogens with zero attached hydrogens (tertiary/aromatic N) is 1. The summed E-state index contributed by atoms with van der Waals surface area (Å²) in [4.78, 5) is 11.6. The maximum absolute atomic E-state index is 10.1. The highest BCUT2D eigenvalue weighted by Gasteiger charge is 1.92. The first-order chi connectivity index (χ1) is 4.26. The van der Waals surface area contributed by atoms with Gasteiger partial charge in [0.05, 0.1) is 0 Å². The van der Waals surface area contributed by atoms with E-state index in [9.17, 15) is 4.79 Å². The smallest absolute Gasteiger partial charge is 0.213 e. The standard InChI is InChI=1S/C7H11NO/c1-4-7(5-2)8(3)6-9/h4-6H,1H2,2-3H3/b7-5+. The van der Waals surface area contributed by atoms with E-state index >= 15 is 0 Å². The molecule has 0 fully saturated rings. The monoisotopic (exact) mass is 125 g/mol. The van der Waals surface area contributed by atoms with Gasteiger partial charge in [-0.1, -0.05) is 12.7 Å². The summed E-state index contributed by atoms with van der Waals surface area (Å²) in [6.45, 7) is 5.39. The number of allylic oxidation sites excluding steroid dienone is 2. The highest BCUT2D eigenvalue weighted by Crippen LogP contribution is 1.97. The Bertz CT molecular complexity index is 138. The summed E-state index contributed by atoms with van der Waals surface area (Å²) in [6, 6.07) is 0. The van der Waals surface area contributed by atoms with Gasteiger partial charge in [-0.3, -0.25) is 4.79 Å². The number of likely N-dealkylation sites (N-methyl/N-ethyl adjacent to an activating group) is 1. The molecule has 0 saturated heterocycles. The van der Waals surface area contributed by atoms with Crippen molar-refractivity contribution in [1.82, 2.24) is 4.90 Å². The summed E-state index contributed by atoms with van der Waals surface area (Å²) in [5, 5.41) is 0. The van der Waals surface area contributed by atoms with Crippen LogP contribution in [-0.2, 0) is 4.79 Å². The maximum atomic E-state index is 10.1. The van der Waals surface area contributed by atoms with E-state index in [2.05, 4.69) is 6.58 Å². The Morgan fingerprint density at radius 3 is 2.33 bits per heavy atom. The lowest BCUT2D eigenvalue weighted by atomic mass is 10.4. The van der Waals surface area contributed by atoms with Crippen LogP contribution in [-0.4, -0.2) is 18.4 Å². The lowest BCUT2D eigenvalue weighted by Gasteiger charge is -2.09. The van der Waals surface area contributed by atoms with Gasteiger partial charge in [0.15, 0.2) is 0 Å². The normalized spacial score (nSPS) is 10.7. The second-order valence-corrected chi connectivity index (χ2v) is 1.63. The molecule has 0 rings (SSSR count). The fraction of sp³-hybridized carbons (Fsp3) is 0.286. The van der Waals surface area contributed by atoms with Crippen molar-refractivity contribution in [3.05, 3.63) is 24.4 Å². The predicted molar refractivity (Wildman–Crippen MR) is 37.8 cm³/mol. The first-order valence-corrected chi connectivity index (χ1v) is 2.73. The van der Waals surface area contributed by atoms with E-state index in [-0.39, 0.29) is 0 Å². The summed E-state index contributed by atoms with van der Waals surface area (Å²) in [5.74, 6) is 0. The molecule has 0 aliphatic heterocycles. The van der Waals surface area contributed by atoms with Gasteiger partial charge < -0.3 is 4.90 Å². The zero-order valence-corrected chi connectivity index (χ0v) is 5.79. The highest BCUT2D eigenvalue weighted by atomic mass is 16.1. The van der Waals surface area contributed by atoms with Crippen LogP contribution < -0.4 is 0 Å². The molecular formula is C7H11NO. The topological polar surface area (TPSA) is 20.3 Å². The zero-order chi connectivity index (χ0) is 7.28. The summed E-state index contributed by atoms with van der Waals surface area (Å²) in [5.41, 5.74) is 0.824. The predicted octanol–water partition coefficient (Wildman–Crippen LogP) is 1.16. The van der Waals surface area contributed by atoms with Crippen LogP contribution in [0.5, 0.6) is 0 Å². The molecule has 2 heteroatoms. The molecular weight excluding hydrogens is 114 g/mol. The van der Waals surface area contributed by atoms with Crippen molar-refractivity contribution in [1.29, 1.82) is 0 Å². The zero-order valence-electron chi connectivity index (χ0n) is 5.79. The van der Waals surface area contributed by atoms with Crippen molar-refractivity contribution in [2.75, 3.05) is 7.05 Å². The third-order valence-electron chi connectivity index (χ3n) is 1.07. The number of carbonyl (C=O) groups excluding carboxylic acids is 1. The van der Waals surface area contributed by atoms with Crippen LogP contribution in [0.25, 0.3) is 0 Å². The third kappa shape index (κ3) is 2.13. The first kappa shape index (κ1) is 7.95. The molecule has 0 unspecified atom stereocenters. The SMILES string of the molecule is C=C/C(=C\C)N(C)C=O. The van der Waals surface area contributed by atoms with Gasteiger partial charge in [-0.05, 0) is 13.0 Å². The molecule has 0 heterocycles. The van der Waals surface area contributed by atoms with Crippen molar-refractivity contribution < 1.29 is 4.79 Å². The molecule has 0 aliphatic rings. The Kier molecular flexibility index (Phi) is 3.44. The van der Waals surface area contributed by atoms with Crippen LogP contribution in [0, 0.1) is 0 Å². The lowest BCUT2D eigenvalue weighted by molar-refractivity contribution is -0.115. The highest BCUT2D eigenvalue weighted by molar-refractivity contribution is 5.51. The van der Waals surface area contributed by atoms with Crippen LogP contribution in [0.3, 0.4) is 0 Å². The Morgan fingerprint density at radius 1 is 1.67 bits per heavy atom. The molecule has 0 bridgehead atoms. The summed E-state index contributed by atoms with van der Waals surface area (Å²) < 4.78 is 0. The van der Waals surface area contributed by atoms with E-state index in [1.165, 1.54) is 4.90 Å². The molecule has 0 aromatic heterocycles. The molecule has 1 amide bonds. The van der Waals surface area contributed by atoms with Crippen molar-refractivity contribution in [2.24, 2.45) is 0 Å². The van der Waals surface area contributed by atoms with Gasteiger partial charge in [0.25, 0.3) is 0 Å². The second kappa shape index (κ2) is 3.89. The van der Waals surface area contributed by atoms with Crippen LogP contribution in [0.1, 0.15) is 6.92 Å². The molecule has 0 spiro atoms. The number of amides is 1. The quantitative estimate of drug-likeness (QED) is 0.409. The van der Waals surface area contributed by atoms with E-state index in [0.717, 1.165) is 12.1 Å². The van der Waals surface area contributed by atoms with Gasteiger partial charge in [-0.2, -0.15) is 0 Å². The fourth-order valence-electron chi connectivity index (χ4n) is 0.526. The molecule has 0 N–H and O–H groups in total. The van der Waals surface area contributed by atoms with Crippen LogP contribution in [0.2, 0.25) is 0 Å². The molecule has 50 valence electrons. The minimum absolute atomic E-state index is 0.747. The number of rotatable bonds is 3. The first-order valence-electron chi connectivity index (χ1n) is 2.73. The molecule has 0 aliphatic carbocycles. The molecule has 0 aromatic carbocycles. The second-order valence-electron chi connectivity index (χ2n) is 1.63. The number of hydrogen-bond donors (Lipinski definition) is 0. The molecule has 2 nitrogen and oxygen atoms in total. The van der Waals surface area contributed by atoms with Crippen molar-refractivity contribution >= 4 is 6.41 Å². The molecule has 9 heavy (non-hydrogen) atoms. The Labute approximate surface area is 55.5 Å². The van der Waals surface area contributed by atoms with Gasteiger partial charge >= 0.3 is 0 Å². The lowest BCUT2D eigenvalue weighted by Crippen LogP contribution is -2.12. The van der Waals surface area contributed by atoms with Gasteiger partial charge in [-0.15, -0.1) is 0 Å². The summed E-state index contributed by atoms with van der Waals surface area (Å²) >= 11 is 0. The van der Waals surface area contributed by atoms with Gasteiger partial charge in [-0.25, -0.2) is 0 Å². The van der Waals surface area contributed by atoms with Crippen LogP contribution >= 0.6 is 0 Å². The average molecular weight is 125 g/mol. The average Bonchev–Trinajstić information content (AvgIpc) is 1.90. The van der Waals surface area contributed by atoms with Crippen molar-refractivity contribution in [3.8, 4) is 0 Å². The molecule has 0 saturated carbocycles. The minimum Gasteiger partial charge on any atom is -0.318 e. The van der Waals surface area contributed by atoms with Crippen molar-refractivity contribution in [2.45, 2.75) is 6.92 Å². The fourth-order valence-corrected chi connectivity index (χ4v) is 0.526. The van der Waals surface area contributed by atoms with Crippen LogP contribution in [0.4, 0.5) is 0 Å². The Morgan fingerprint density at radius 2 is 2.22 bits per heavy atom. The maximum Gasteiger partial charge on any atom is 0.213 e. The minimum atomic E-state index is 0.747. The largest absolute Gasteiger partial charge is 0.318 e. The third-order valence-corrected chi connectivity index (χ3v) is 1.07. The van der Waals surface area contributed by atoms with Gasteiger partial charge in [0.1, 0.15) is 0 Å². The van der Waals surface area contributed by atoms with E-state index in [1.54, 1.807) is 13.1 Å². The number of hydrogen-bond acceptors (Lipinski definition) is 1. The molecule has 0 aromatic rings. The molecule has 0 atom stereocenters. The number of carbonyl (C=O) groups is 1. The summed E-state index contributed by atoms with van der Waals surface area (Å²) in [6.07, 6.45) is 4.20. The van der Waals surface area contributed by atoms with E-state index in [4.69, 9.17) is 0 Å². The Balaban J connectivity index is 4.11. The Hall–Kier alpha value is -1.05.